The van der Waals surface area contributed by atoms with E-state index in [0.29, 0.717) is 0 Å². The van der Waals surface area contributed by atoms with Gasteiger partial charge in [0, 0.05) is 49.2 Å². The second-order valence-corrected chi connectivity index (χ2v) is 8.31. The van der Waals surface area contributed by atoms with E-state index < -0.39 is 0 Å². The number of rotatable bonds is 5. The fourth-order valence-corrected chi connectivity index (χ4v) is 4.57. The molecule has 1 fully saturated rings. The first-order valence-corrected chi connectivity index (χ1v) is 11.1. The van der Waals surface area contributed by atoms with Gasteiger partial charge in [-0.2, -0.15) is 5.10 Å². The molecule has 5 nitrogen and oxygen atoms in total. The van der Waals surface area contributed by atoms with Gasteiger partial charge in [-0.1, -0.05) is 12.1 Å². The van der Waals surface area contributed by atoms with Gasteiger partial charge in [-0.05, 0) is 61.0 Å². The zero-order valence-corrected chi connectivity index (χ0v) is 19.6. The Balaban J connectivity index is 0.00000274. The number of hydrogen-bond acceptors (Lipinski definition) is 4. The van der Waals surface area contributed by atoms with Crippen molar-refractivity contribution in [3.63, 3.8) is 0 Å². The molecule has 1 N–H and O–H groups in total. The summed E-state index contributed by atoms with van der Waals surface area (Å²) in [6.45, 7) is 5.29. The van der Waals surface area contributed by atoms with Crippen LogP contribution in [0.3, 0.4) is 0 Å². The van der Waals surface area contributed by atoms with E-state index in [1.165, 1.54) is 24.3 Å². The molecule has 34 heavy (non-hydrogen) atoms. The van der Waals surface area contributed by atoms with Crippen LogP contribution in [-0.2, 0) is 0 Å². The summed E-state index contributed by atoms with van der Waals surface area (Å²) in [5, 5.41) is 7.26. The number of nitrogens with one attached hydrogen (secondary N) is 1. The lowest BCUT2D eigenvalue weighted by molar-refractivity contribution is 0.212. The molecule has 4 aromatic rings. The van der Waals surface area contributed by atoms with E-state index in [9.17, 15) is 8.78 Å². The van der Waals surface area contributed by atoms with Gasteiger partial charge in [0.2, 0.25) is 0 Å². The molecule has 1 aliphatic rings. The van der Waals surface area contributed by atoms with Crippen molar-refractivity contribution in [1.82, 2.24) is 20.1 Å². The molecule has 0 amide bonds. The number of H-pyrrole nitrogens is 1. The second kappa shape index (κ2) is 10.3. The smallest absolute Gasteiger partial charge is 0.123 e. The molecule has 1 saturated heterocycles. The molecule has 3 heterocycles. The summed E-state index contributed by atoms with van der Waals surface area (Å²) in [7, 11) is 0. The van der Waals surface area contributed by atoms with E-state index in [1.807, 2.05) is 31.3 Å². The van der Waals surface area contributed by atoms with Gasteiger partial charge in [0.25, 0.3) is 0 Å². The third-order valence-corrected chi connectivity index (χ3v) is 6.27. The number of pyridine rings is 1. The van der Waals surface area contributed by atoms with Crippen molar-refractivity contribution in [2.24, 2.45) is 0 Å². The minimum Gasteiger partial charge on any atom is -0.367 e. The highest BCUT2D eigenvalue weighted by molar-refractivity contribution is 5.85. The minimum absolute atomic E-state index is 0. The number of piperazine rings is 1. The Bertz CT molecular complexity index is 1220. The topological polar surface area (TPSA) is 48.1 Å². The normalized spacial score (nSPS) is 15.1. The number of aromatic nitrogens is 3. The zero-order chi connectivity index (χ0) is 22.8. The highest BCUT2D eigenvalue weighted by Crippen LogP contribution is 2.34. The Hall–Kier alpha value is -3.29. The first-order valence-electron chi connectivity index (χ1n) is 11.1. The summed E-state index contributed by atoms with van der Waals surface area (Å²) in [5.41, 5.74) is 5.95. The Labute approximate surface area is 203 Å². The lowest BCUT2D eigenvalue weighted by Gasteiger charge is -2.40. The lowest BCUT2D eigenvalue weighted by Crippen LogP contribution is -2.48. The van der Waals surface area contributed by atoms with Crippen LogP contribution in [0, 0.1) is 18.6 Å². The van der Waals surface area contributed by atoms with Crippen molar-refractivity contribution in [3.05, 3.63) is 102 Å². The molecule has 0 radical (unpaired) electrons. The molecular weight excluding hydrogens is 456 g/mol. The number of hydrogen-bond donors (Lipinski definition) is 1. The van der Waals surface area contributed by atoms with Crippen LogP contribution in [0.1, 0.15) is 22.9 Å². The molecule has 0 spiro atoms. The second-order valence-electron chi connectivity index (χ2n) is 8.31. The monoisotopic (exact) mass is 481 g/mol. The maximum Gasteiger partial charge on any atom is 0.123 e. The Morgan fingerprint density at radius 3 is 2.15 bits per heavy atom. The van der Waals surface area contributed by atoms with Crippen LogP contribution in [0.2, 0.25) is 0 Å². The molecule has 8 heteroatoms. The first kappa shape index (κ1) is 23.9. The highest BCUT2D eigenvalue weighted by Gasteiger charge is 2.29. The maximum atomic E-state index is 13.6. The summed E-state index contributed by atoms with van der Waals surface area (Å²) in [4.78, 5) is 9.33. The van der Waals surface area contributed by atoms with Crippen LogP contribution in [0.5, 0.6) is 0 Å². The fourth-order valence-electron chi connectivity index (χ4n) is 4.57. The molecule has 0 bridgehead atoms. The quantitative estimate of drug-likeness (QED) is 0.415. The van der Waals surface area contributed by atoms with Crippen LogP contribution >= 0.6 is 12.4 Å². The van der Waals surface area contributed by atoms with E-state index in [1.54, 1.807) is 18.3 Å². The number of nitrogens with zero attached hydrogens (tertiary/aromatic N) is 4. The summed E-state index contributed by atoms with van der Waals surface area (Å²) in [6.07, 6.45) is 3.63. The Morgan fingerprint density at radius 1 is 0.882 bits per heavy atom. The summed E-state index contributed by atoms with van der Waals surface area (Å²) >= 11 is 0. The number of aryl methyl sites for hydroxylation is 1. The third kappa shape index (κ3) is 4.81. The van der Waals surface area contributed by atoms with Gasteiger partial charge in [0.1, 0.15) is 11.6 Å². The van der Waals surface area contributed by atoms with Crippen molar-refractivity contribution in [2.45, 2.75) is 13.0 Å². The van der Waals surface area contributed by atoms with Gasteiger partial charge < -0.3 is 4.90 Å². The van der Waals surface area contributed by atoms with Gasteiger partial charge in [-0.25, -0.2) is 8.78 Å². The predicted octanol–water partition coefficient (Wildman–Crippen LogP) is 5.39. The maximum absolute atomic E-state index is 13.6. The molecule has 1 unspecified atom stereocenters. The highest BCUT2D eigenvalue weighted by atomic mass is 35.5. The van der Waals surface area contributed by atoms with E-state index in [4.69, 9.17) is 0 Å². The van der Waals surface area contributed by atoms with Crippen molar-refractivity contribution >= 4 is 18.1 Å². The van der Waals surface area contributed by atoms with E-state index in [0.717, 1.165) is 59.9 Å². The molecule has 5 rings (SSSR count). The van der Waals surface area contributed by atoms with Gasteiger partial charge in [0.05, 0.1) is 23.6 Å². The van der Waals surface area contributed by atoms with Crippen molar-refractivity contribution in [3.8, 4) is 11.3 Å². The van der Waals surface area contributed by atoms with Gasteiger partial charge >= 0.3 is 0 Å². The molecule has 1 aliphatic heterocycles. The molecule has 2 aromatic heterocycles. The minimum atomic E-state index is -0.258. The van der Waals surface area contributed by atoms with E-state index in [2.05, 4.69) is 31.0 Å². The average Bonchev–Trinajstić information content (AvgIpc) is 3.27. The predicted molar refractivity (Wildman–Crippen MR) is 132 cm³/mol. The molecule has 1 atom stereocenters. The number of benzene rings is 2. The van der Waals surface area contributed by atoms with Crippen molar-refractivity contribution in [2.75, 3.05) is 31.1 Å². The molecule has 0 saturated carbocycles. The molecule has 2 aromatic carbocycles. The molecule has 176 valence electrons. The zero-order valence-electron chi connectivity index (χ0n) is 18.8. The van der Waals surface area contributed by atoms with Crippen LogP contribution in [0.25, 0.3) is 11.3 Å². The van der Waals surface area contributed by atoms with Crippen LogP contribution in [0.4, 0.5) is 14.5 Å². The Morgan fingerprint density at radius 2 is 1.53 bits per heavy atom. The summed E-state index contributed by atoms with van der Waals surface area (Å²) in [5.74, 6) is -0.498. The molecule has 0 aliphatic carbocycles. The summed E-state index contributed by atoms with van der Waals surface area (Å²) < 4.78 is 27.0. The molecular formula is C26H26ClF2N5. The number of anilines is 1. The SMILES string of the molecule is Cc1[nH]ncc1C(c1ccc(F)cc1)N1CCN(c2cccnc2-c2ccc(F)cc2)CC1.Cl. The van der Waals surface area contributed by atoms with Gasteiger partial charge in [-0.3, -0.25) is 15.0 Å². The van der Waals surface area contributed by atoms with Crippen LogP contribution in [0.15, 0.2) is 73.1 Å². The van der Waals surface area contributed by atoms with Crippen molar-refractivity contribution < 1.29 is 8.78 Å². The van der Waals surface area contributed by atoms with Crippen LogP contribution < -0.4 is 4.90 Å². The van der Waals surface area contributed by atoms with Gasteiger partial charge in [-0.15, -0.1) is 12.4 Å². The average molecular weight is 482 g/mol. The van der Waals surface area contributed by atoms with E-state index >= 15 is 0 Å². The standard InChI is InChI=1S/C26H25F2N5.ClH/c1-18-23(17-30-31-18)26(20-6-10-22(28)11-7-20)33-15-13-32(14-16-33)24-3-2-12-29-25(24)19-4-8-21(27)9-5-19;/h2-12,17,26H,13-16H2,1H3,(H,30,31);1H. The largest absolute Gasteiger partial charge is 0.367 e. The number of halogens is 3. The third-order valence-electron chi connectivity index (χ3n) is 6.27. The summed E-state index contributed by atoms with van der Waals surface area (Å²) in [6, 6.07) is 17.2. The first-order chi connectivity index (χ1) is 16.1. The Kier molecular flexibility index (Phi) is 7.24. The fraction of sp³-hybridized carbons (Fsp3) is 0.231. The van der Waals surface area contributed by atoms with Crippen molar-refractivity contribution in [1.29, 1.82) is 0 Å². The lowest BCUT2D eigenvalue weighted by atomic mass is 9.96. The van der Waals surface area contributed by atoms with Gasteiger partial charge in [0.15, 0.2) is 0 Å². The van der Waals surface area contributed by atoms with Crippen LogP contribution in [-0.4, -0.2) is 46.3 Å². The number of aromatic amines is 1. The van der Waals surface area contributed by atoms with E-state index in [-0.39, 0.29) is 30.1 Å².